The van der Waals surface area contributed by atoms with Gasteiger partial charge in [-0.25, -0.2) is 9.67 Å². The molecule has 0 heterocycles. The molecule has 0 atom stereocenters. The highest BCUT2D eigenvalue weighted by atomic mass is 31.2. The van der Waals surface area contributed by atoms with Crippen LogP contribution in [0.3, 0.4) is 0 Å². The lowest BCUT2D eigenvalue weighted by Crippen LogP contribution is -1.99. The Morgan fingerprint density at radius 1 is 0.704 bits per heavy atom. The van der Waals surface area contributed by atoms with Crippen LogP contribution in [0, 0.1) is 0 Å². The van der Waals surface area contributed by atoms with Crippen LogP contribution in [0.25, 0.3) is 0 Å². The number of ether oxygens (including phenoxy) is 1. The molecular weight excluding hydrogens is 367 g/mol. The summed E-state index contributed by atoms with van der Waals surface area (Å²) in [5.41, 5.74) is 0. The van der Waals surface area contributed by atoms with Crippen LogP contribution in [0.15, 0.2) is 12.2 Å². The van der Waals surface area contributed by atoms with E-state index in [1.54, 1.807) is 0 Å². The number of hydrogen-bond acceptors (Lipinski definition) is 2. The number of hydrogen-bond donors (Lipinski definition) is 3. The minimum Gasteiger partial charge on any atom is -0.379 e. The molecule has 6 nitrogen and oxygen atoms in total. The van der Waals surface area contributed by atoms with E-state index in [0.717, 1.165) is 13.0 Å². The lowest BCUT2D eigenvalue weighted by atomic mass is 10.1. The zero-order valence-corrected chi connectivity index (χ0v) is 18.1. The highest BCUT2D eigenvalue weighted by molar-refractivity contribution is 7.45. The van der Waals surface area contributed by atoms with Crippen molar-refractivity contribution in [1.29, 1.82) is 0 Å². The highest BCUT2D eigenvalue weighted by Gasteiger charge is 2.00. The molecule has 0 fully saturated rings. The predicted molar refractivity (Wildman–Crippen MR) is 110 cm³/mol. The van der Waals surface area contributed by atoms with Gasteiger partial charge in [0.1, 0.15) is 6.61 Å². The van der Waals surface area contributed by atoms with Gasteiger partial charge in [-0.1, -0.05) is 76.9 Å². The minimum absolute atomic E-state index is 0.105. The van der Waals surface area contributed by atoms with Crippen LogP contribution in [-0.4, -0.2) is 34.5 Å². The molecule has 1 radical (unpaired) electrons. The summed E-state index contributed by atoms with van der Waals surface area (Å²) in [6, 6.07) is 0. The van der Waals surface area contributed by atoms with E-state index >= 15 is 0 Å². The topological polar surface area (TPSA) is 107 Å². The Morgan fingerprint density at radius 2 is 1.11 bits per heavy atom. The Hall–Kier alpha value is -0.230. The summed E-state index contributed by atoms with van der Waals surface area (Å²) in [4.78, 5) is 21.6. The zero-order chi connectivity index (χ0) is 20.6. The van der Waals surface area contributed by atoms with Crippen molar-refractivity contribution < 1.29 is 29.1 Å². The SMILES string of the molecule is CCCCCCCC/C=C\CCCCCCCCOCC[O].O=P(O)(O)O. The van der Waals surface area contributed by atoms with Gasteiger partial charge in [0.15, 0.2) is 0 Å². The maximum Gasteiger partial charge on any atom is 0.466 e. The fourth-order valence-electron chi connectivity index (χ4n) is 2.61. The first kappa shape index (κ1) is 29.0. The molecule has 0 saturated carbocycles. The van der Waals surface area contributed by atoms with Crippen molar-refractivity contribution >= 4 is 7.82 Å². The van der Waals surface area contributed by atoms with E-state index in [1.165, 1.54) is 83.5 Å². The van der Waals surface area contributed by atoms with Gasteiger partial charge in [0.25, 0.3) is 0 Å². The first-order valence-corrected chi connectivity index (χ1v) is 12.1. The Balaban J connectivity index is 0. The maximum absolute atomic E-state index is 10.2. The fraction of sp³-hybridized carbons (Fsp3) is 0.900. The second-order valence-electron chi connectivity index (χ2n) is 6.77. The van der Waals surface area contributed by atoms with Gasteiger partial charge in [-0.2, -0.15) is 0 Å². The summed E-state index contributed by atoms with van der Waals surface area (Å²) in [5.74, 6) is 0. The van der Waals surface area contributed by atoms with Crippen LogP contribution in [-0.2, 0) is 14.4 Å². The van der Waals surface area contributed by atoms with Crippen molar-refractivity contribution in [3.05, 3.63) is 12.2 Å². The van der Waals surface area contributed by atoms with Crippen LogP contribution in [0.1, 0.15) is 96.8 Å². The maximum atomic E-state index is 10.2. The summed E-state index contributed by atoms with van der Waals surface area (Å²) in [5, 5.41) is 10.2. The van der Waals surface area contributed by atoms with Gasteiger partial charge in [0.05, 0.1) is 6.61 Å². The monoisotopic (exact) mass is 409 g/mol. The van der Waals surface area contributed by atoms with Crippen molar-refractivity contribution in [2.45, 2.75) is 96.8 Å². The van der Waals surface area contributed by atoms with Crippen molar-refractivity contribution in [1.82, 2.24) is 0 Å². The first-order chi connectivity index (χ1) is 12.9. The third-order valence-electron chi connectivity index (χ3n) is 4.03. The average Bonchev–Trinajstić information content (AvgIpc) is 2.59. The molecule has 7 heteroatoms. The van der Waals surface area contributed by atoms with Crippen molar-refractivity contribution in [2.24, 2.45) is 0 Å². The molecule has 3 N–H and O–H groups in total. The van der Waals surface area contributed by atoms with Gasteiger partial charge >= 0.3 is 7.82 Å². The van der Waals surface area contributed by atoms with E-state index in [4.69, 9.17) is 24.0 Å². The number of rotatable bonds is 18. The zero-order valence-electron chi connectivity index (χ0n) is 17.2. The second-order valence-corrected chi connectivity index (χ2v) is 7.79. The van der Waals surface area contributed by atoms with Gasteiger partial charge in [0.2, 0.25) is 0 Å². The number of allylic oxidation sites excluding steroid dienone is 2. The molecule has 0 bridgehead atoms. The summed E-state index contributed by atoms with van der Waals surface area (Å²) in [6.07, 6.45) is 23.3. The van der Waals surface area contributed by atoms with E-state index in [-0.39, 0.29) is 6.61 Å². The van der Waals surface area contributed by atoms with Crippen LogP contribution in [0.4, 0.5) is 0 Å². The van der Waals surface area contributed by atoms with Crippen LogP contribution >= 0.6 is 7.82 Å². The molecular formula is C20H42O6P. The van der Waals surface area contributed by atoms with Crippen LogP contribution in [0.5, 0.6) is 0 Å². The molecule has 0 aromatic carbocycles. The molecule has 0 unspecified atom stereocenters. The predicted octanol–water partition coefficient (Wildman–Crippen LogP) is 5.54. The molecule has 163 valence electrons. The van der Waals surface area contributed by atoms with E-state index in [1.807, 2.05) is 0 Å². The van der Waals surface area contributed by atoms with E-state index in [9.17, 15) is 5.11 Å². The summed E-state index contributed by atoms with van der Waals surface area (Å²) >= 11 is 0. The highest BCUT2D eigenvalue weighted by Crippen LogP contribution is 2.25. The summed E-state index contributed by atoms with van der Waals surface area (Å²) in [7, 11) is -4.64. The molecule has 0 aromatic heterocycles. The Kier molecular flexibility index (Phi) is 25.6. The molecule has 0 aromatic rings. The Labute approximate surface area is 166 Å². The Bertz CT molecular complexity index is 335. The molecule has 0 saturated heterocycles. The third kappa shape index (κ3) is 41.3. The molecule has 27 heavy (non-hydrogen) atoms. The van der Waals surface area contributed by atoms with E-state index in [2.05, 4.69) is 19.1 Å². The molecule has 0 amide bonds. The first-order valence-electron chi connectivity index (χ1n) is 10.5. The van der Waals surface area contributed by atoms with Gasteiger partial charge < -0.3 is 19.4 Å². The smallest absolute Gasteiger partial charge is 0.379 e. The molecule has 0 aliphatic heterocycles. The standard InChI is InChI=1S/C20H39O2.H3O4P/c1-2-3-4-5-6-7-8-9-10-11-12-13-14-15-16-17-19-22-20-18-21;1-5(2,3)4/h9-10H,2-8,11-20H2,1H3;(H3,1,2,3,4)/b10-9-;. The van der Waals surface area contributed by atoms with Crippen molar-refractivity contribution in [3.8, 4) is 0 Å². The van der Waals surface area contributed by atoms with E-state index < -0.39 is 7.82 Å². The van der Waals surface area contributed by atoms with Crippen LogP contribution < -0.4 is 0 Å². The second kappa shape index (κ2) is 23.8. The normalized spacial score (nSPS) is 11.6. The minimum atomic E-state index is -4.64. The largest absolute Gasteiger partial charge is 0.466 e. The molecule has 0 aliphatic rings. The van der Waals surface area contributed by atoms with Gasteiger partial charge in [0, 0.05) is 6.61 Å². The average molecular weight is 410 g/mol. The summed E-state index contributed by atoms with van der Waals surface area (Å²) in [6.45, 7) is 3.31. The molecule has 0 spiro atoms. The third-order valence-corrected chi connectivity index (χ3v) is 4.03. The summed E-state index contributed by atoms with van der Waals surface area (Å²) < 4.78 is 14.1. The van der Waals surface area contributed by atoms with E-state index in [0.29, 0.717) is 6.61 Å². The van der Waals surface area contributed by atoms with Crippen LogP contribution in [0.2, 0.25) is 0 Å². The van der Waals surface area contributed by atoms with Crippen molar-refractivity contribution in [2.75, 3.05) is 19.8 Å². The molecule has 0 rings (SSSR count). The number of unbranched alkanes of at least 4 members (excludes halogenated alkanes) is 12. The van der Waals surface area contributed by atoms with Gasteiger partial charge in [-0.15, -0.1) is 0 Å². The Morgan fingerprint density at radius 3 is 1.56 bits per heavy atom. The quantitative estimate of drug-likeness (QED) is 0.156. The fourth-order valence-corrected chi connectivity index (χ4v) is 2.61. The molecule has 0 aliphatic carbocycles. The lowest BCUT2D eigenvalue weighted by molar-refractivity contribution is 0.0618. The van der Waals surface area contributed by atoms with Gasteiger partial charge in [-0.05, 0) is 32.1 Å². The van der Waals surface area contributed by atoms with Gasteiger partial charge in [-0.3, -0.25) is 0 Å². The number of phosphoric acid groups is 1. The van der Waals surface area contributed by atoms with Crippen molar-refractivity contribution in [3.63, 3.8) is 0 Å². The lowest BCUT2D eigenvalue weighted by Gasteiger charge is -2.02.